The molecule has 0 aromatic heterocycles. The SMILES string of the molecule is CCC(CC)N(CCO)C(=O)c1ccc([N+](=O)[O-])cc1C. The molecule has 0 unspecified atom stereocenters. The normalized spacial score (nSPS) is 10.7. The lowest BCUT2D eigenvalue weighted by molar-refractivity contribution is -0.384. The van der Waals surface area contributed by atoms with Crippen molar-refractivity contribution in [3.05, 3.63) is 39.4 Å². The van der Waals surface area contributed by atoms with E-state index in [1.165, 1.54) is 18.2 Å². The van der Waals surface area contributed by atoms with E-state index in [1.54, 1.807) is 11.8 Å². The van der Waals surface area contributed by atoms with Crippen LogP contribution in [0.5, 0.6) is 0 Å². The van der Waals surface area contributed by atoms with Crippen LogP contribution < -0.4 is 0 Å². The number of carbonyl (C=O) groups excluding carboxylic acids is 1. The quantitative estimate of drug-likeness (QED) is 0.618. The Morgan fingerprint density at radius 1 is 1.38 bits per heavy atom. The van der Waals surface area contributed by atoms with Crippen molar-refractivity contribution >= 4 is 11.6 Å². The molecule has 0 aliphatic carbocycles. The Balaban J connectivity index is 3.11. The van der Waals surface area contributed by atoms with Crippen LogP contribution in [0.3, 0.4) is 0 Å². The fourth-order valence-electron chi connectivity index (χ4n) is 2.44. The maximum Gasteiger partial charge on any atom is 0.269 e. The lowest BCUT2D eigenvalue weighted by Crippen LogP contribution is -2.41. The molecule has 1 aromatic rings. The number of hydrogen-bond acceptors (Lipinski definition) is 4. The first-order valence-corrected chi connectivity index (χ1v) is 7.13. The van der Waals surface area contributed by atoms with Crippen LogP contribution in [0.4, 0.5) is 5.69 Å². The Hall–Kier alpha value is -1.95. The number of aryl methyl sites for hydroxylation is 1. The molecule has 0 bridgehead atoms. The van der Waals surface area contributed by atoms with Crippen molar-refractivity contribution < 1.29 is 14.8 Å². The van der Waals surface area contributed by atoms with E-state index >= 15 is 0 Å². The fraction of sp³-hybridized carbons (Fsp3) is 0.533. The second kappa shape index (κ2) is 7.73. The van der Waals surface area contributed by atoms with Crippen LogP contribution in [-0.4, -0.2) is 40.0 Å². The average Bonchev–Trinajstić information content (AvgIpc) is 2.46. The Bertz CT molecular complexity index is 512. The van der Waals surface area contributed by atoms with E-state index in [0.29, 0.717) is 11.1 Å². The molecule has 6 heteroatoms. The molecular formula is C15H22N2O4. The molecule has 1 N–H and O–H groups in total. The Kier molecular flexibility index (Phi) is 6.30. The summed E-state index contributed by atoms with van der Waals surface area (Å²) in [6.45, 7) is 5.84. The third kappa shape index (κ3) is 4.01. The summed E-state index contributed by atoms with van der Waals surface area (Å²) in [6, 6.07) is 4.28. The van der Waals surface area contributed by atoms with Gasteiger partial charge in [-0.15, -0.1) is 0 Å². The van der Waals surface area contributed by atoms with E-state index < -0.39 is 4.92 Å². The van der Waals surface area contributed by atoms with Crippen LogP contribution in [0.15, 0.2) is 18.2 Å². The third-order valence-corrected chi connectivity index (χ3v) is 3.64. The van der Waals surface area contributed by atoms with E-state index in [-0.39, 0.29) is 30.8 Å². The highest BCUT2D eigenvalue weighted by Gasteiger charge is 2.24. The highest BCUT2D eigenvalue weighted by Crippen LogP contribution is 2.20. The highest BCUT2D eigenvalue weighted by molar-refractivity contribution is 5.96. The van der Waals surface area contributed by atoms with Gasteiger partial charge in [-0.25, -0.2) is 0 Å². The van der Waals surface area contributed by atoms with Crippen LogP contribution in [0.1, 0.15) is 42.6 Å². The number of rotatable bonds is 7. The first-order chi connectivity index (χ1) is 9.96. The summed E-state index contributed by atoms with van der Waals surface area (Å²) >= 11 is 0. The second-order valence-corrected chi connectivity index (χ2v) is 4.95. The van der Waals surface area contributed by atoms with Gasteiger partial charge in [0.2, 0.25) is 0 Å². The van der Waals surface area contributed by atoms with Gasteiger partial charge >= 0.3 is 0 Å². The maximum absolute atomic E-state index is 12.6. The summed E-state index contributed by atoms with van der Waals surface area (Å²) in [7, 11) is 0. The predicted octanol–water partition coefficient (Wildman–Crippen LogP) is 2.53. The van der Waals surface area contributed by atoms with Crippen molar-refractivity contribution in [3.8, 4) is 0 Å². The first-order valence-electron chi connectivity index (χ1n) is 7.13. The van der Waals surface area contributed by atoms with Crippen molar-refractivity contribution in [2.75, 3.05) is 13.2 Å². The van der Waals surface area contributed by atoms with Crippen LogP contribution in [0.2, 0.25) is 0 Å². The first kappa shape index (κ1) is 17.1. The van der Waals surface area contributed by atoms with E-state index in [2.05, 4.69) is 0 Å². The number of hydrogen-bond donors (Lipinski definition) is 1. The molecule has 0 atom stereocenters. The number of aliphatic hydroxyl groups excluding tert-OH is 1. The number of carbonyl (C=O) groups is 1. The number of amides is 1. The standard InChI is InChI=1S/C15H22N2O4/c1-4-12(5-2)16(8-9-18)15(19)14-7-6-13(17(20)21)10-11(14)3/h6-7,10,12,18H,4-5,8-9H2,1-3H3. The predicted molar refractivity (Wildman–Crippen MR) is 80.3 cm³/mol. The van der Waals surface area contributed by atoms with Crippen molar-refractivity contribution in [2.45, 2.75) is 39.7 Å². The monoisotopic (exact) mass is 294 g/mol. The molecule has 0 radical (unpaired) electrons. The zero-order valence-electron chi connectivity index (χ0n) is 12.7. The Morgan fingerprint density at radius 2 is 2.00 bits per heavy atom. The van der Waals surface area contributed by atoms with Gasteiger partial charge in [-0.3, -0.25) is 14.9 Å². The van der Waals surface area contributed by atoms with Gasteiger partial charge < -0.3 is 10.0 Å². The average molecular weight is 294 g/mol. The number of nitrogens with zero attached hydrogens (tertiary/aromatic N) is 2. The van der Waals surface area contributed by atoms with Gasteiger partial charge in [0, 0.05) is 30.3 Å². The highest BCUT2D eigenvalue weighted by atomic mass is 16.6. The summed E-state index contributed by atoms with van der Waals surface area (Å²) in [5, 5.41) is 19.9. The van der Waals surface area contributed by atoms with Gasteiger partial charge in [0.15, 0.2) is 0 Å². The topological polar surface area (TPSA) is 83.7 Å². The van der Waals surface area contributed by atoms with Gasteiger partial charge in [-0.1, -0.05) is 13.8 Å². The summed E-state index contributed by atoms with van der Waals surface area (Å²) in [6.07, 6.45) is 1.60. The van der Waals surface area contributed by atoms with Crippen LogP contribution in [-0.2, 0) is 0 Å². The van der Waals surface area contributed by atoms with Gasteiger partial charge in [0.05, 0.1) is 11.5 Å². The smallest absolute Gasteiger partial charge is 0.269 e. The molecule has 0 saturated heterocycles. The molecule has 6 nitrogen and oxygen atoms in total. The van der Waals surface area contributed by atoms with E-state index in [9.17, 15) is 20.0 Å². The molecule has 0 aliphatic heterocycles. The third-order valence-electron chi connectivity index (χ3n) is 3.64. The van der Waals surface area contributed by atoms with Crippen molar-refractivity contribution in [3.63, 3.8) is 0 Å². The van der Waals surface area contributed by atoms with Crippen molar-refractivity contribution in [1.29, 1.82) is 0 Å². The van der Waals surface area contributed by atoms with Gasteiger partial charge in [0.1, 0.15) is 0 Å². The molecule has 0 aliphatic rings. The van der Waals surface area contributed by atoms with Gasteiger partial charge in [-0.2, -0.15) is 0 Å². The molecule has 0 spiro atoms. The maximum atomic E-state index is 12.6. The number of aliphatic hydroxyl groups is 1. The van der Waals surface area contributed by atoms with Gasteiger partial charge in [-0.05, 0) is 31.4 Å². The fourth-order valence-corrected chi connectivity index (χ4v) is 2.44. The second-order valence-electron chi connectivity index (χ2n) is 4.95. The minimum absolute atomic E-state index is 0.0275. The molecule has 21 heavy (non-hydrogen) atoms. The number of nitro benzene ring substituents is 1. The van der Waals surface area contributed by atoms with E-state index in [4.69, 9.17) is 0 Å². The molecule has 1 rings (SSSR count). The van der Waals surface area contributed by atoms with E-state index in [1.807, 2.05) is 13.8 Å². The molecule has 0 heterocycles. The Morgan fingerprint density at radius 3 is 2.43 bits per heavy atom. The van der Waals surface area contributed by atoms with Crippen molar-refractivity contribution in [2.24, 2.45) is 0 Å². The molecule has 116 valence electrons. The molecule has 0 fully saturated rings. The molecule has 1 aromatic carbocycles. The minimum Gasteiger partial charge on any atom is -0.395 e. The molecule has 0 saturated carbocycles. The van der Waals surface area contributed by atoms with Gasteiger partial charge in [0.25, 0.3) is 11.6 Å². The van der Waals surface area contributed by atoms with E-state index in [0.717, 1.165) is 12.8 Å². The zero-order chi connectivity index (χ0) is 16.0. The van der Waals surface area contributed by atoms with Crippen LogP contribution in [0, 0.1) is 17.0 Å². The summed E-state index contributed by atoms with van der Waals surface area (Å²) in [5.74, 6) is -0.190. The van der Waals surface area contributed by atoms with Crippen LogP contribution in [0.25, 0.3) is 0 Å². The summed E-state index contributed by atoms with van der Waals surface area (Å²) in [4.78, 5) is 24.6. The minimum atomic E-state index is -0.479. The lowest BCUT2D eigenvalue weighted by Gasteiger charge is -2.30. The molecule has 1 amide bonds. The largest absolute Gasteiger partial charge is 0.395 e. The summed E-state index contributed by atoms with van der Waals surface area (Å²) in [5.41, 5.74) is 0.990. The van der Waals surface area contributed by atoms with Crippen molar-refractivity contribution in [1.82, 2.24) is 4.90 Å². The summed E-state index contributed by atoms with van der Waals surface area (Å²) < 4.78 is 0. The lowest BCUT2D eigenvalue weighted by atomic mass is 10.0. The molecular weight excluding hydrogens is 272 g/mol. The number of benzene rings is 1. The van der Waals surface area contributed by atoms with Crippen LogP contribution >= 0.6 is 0 Å². The zero-order valence-corrected chi connectivity index (χ0v) is 12.7. The number of non-ortho nitro benzene ring substituents is 1. The number of nitro groups is 1. The Labute approximate surface area is 124 Å².